The van der Waals surface area contributed by atoms with Crippen LogP contribution in [0.25, 0.3) is 0 Å². The molecule has 2 fully saturated rings. The molecule has 37 heavy (non-hydrogen) atoms. The van der Waals surface area contributed by atoms with E-state index >= 15 is 0 Å². The van der Waals surface area contributed by atoms with E-state index in [4.69, 9.17) is 9.47 Å². The molecule has 0 radical (unpaired) electrons. The van der Waals surface area contributed by atoms with Crippen LogP contribution in [-0.2, 0) is 6.18 Å². The Bertz CT molecular complexity index is 1170. The molecular weight excluding hydrogens is 481 g/mol. The first-order valence-electron chi connectivity index (χ1n) is 12.9. The van der Waals surface area contributed by atoms with Gasteiger partial charge in [0.15, 0.2) is 0 Å². The zero-order valence-electron chi connectivity index (χ0n) is 20.6. The number of ether oxygens (including phenoxy) is 2. The van der Waals surface area contributed by atoms with Gasteiger partial charge in [-0.15, -0.1) is 0 Å². The molecule has 2 aromatic carbocycles. The van der Waals surface area contributed by atoms with Crippen LogP contribution in [0.5, 0.6) is 11.5 Å². The van der Waals surface area contributed by atoms with Crippen molar-refractivity contribution in [3.8, 4) is 11.5 Å². The minimum absolute atomic E-state index is 0.0469. The third-order valence-electron chi connectivity index (χ3n) is 6.80. The molecule has 2 aliphatic rings. The molecule has 1 aromatic heterocycles. The summed E-state index contributed by atoms with van der Waals surface area (Å²) in [4.78, 5) is 8.10. The molecule has 1 heterocycles. The van der Waals surface area contributed by atoms with E-state index in [0.717, 1.165) is 50.5 Å². The topological polar surface area (TPSA) is 68.3 Å². The number of alkyl halides is 3. The van der Waals surface area contributed by atoms with Gasteiger partial charge in [-0.2, -0.15) is 18.2 Å². The third kappa shape index (κ3) is 6.64. The summed E-state index contributed by atoms with van der Waals surface area (Å²) in [6.07, 6.45) is 6.27. The predicted molar refractivity (Wildman–Crippen MR) is 137 cm³/mol. The van der Waals surface area contributed by atoms with Gasteiger partial charge in [-0.3, -0.25) is 0 Å². The number of nitrogens with zero attached hydrogens (tertiary/aromatic N) is 2. The Morgan fingerprint density at radius 3 is 2.11 bits per heavy atom. The fourth-order valence-electron chi connectivity index (χ4n) is 4.85. The van der Waals surface area contributed by atoms with Crippen molar-refractivity contribution in [1.29, 1.82) is 0 Å². The second kappa shape index (κ2) is 11.3. The first-order valence-corrected chi connectivity index (χ1v) is 12.9. The maximum atomic E-state index is 13.8. The van der Waals surface area contributed by atoms with Crippen LogP contribution in [-0.4, -0.2) is 22.2 Å². The zero-order valence-corrected chi connectivity index (χ0v) is 20.6. The average Bonchev–Trinajstić information content (AvgIpc) is 3.40. The fourth-order valence-corrected chi connectivity index (χ4v) is 4.85. The second-order valence-electron chi connectivity index (χ2n) is 9.63. The van der Waals surface area contributed by atoms with Crippen LogP contribution in [0, 0.1) is 0 Å². The summed E-state index contributed by atoms with van der Waals surface area (Å²) in [5.41, 5.74) is 0.116. The number of halogens is 3. The Kier molecular flexibility index (Phi) is 7.67. The molecule has 6 nitrogen and oxygen atoms in total. The van der Waals surface area contributed by atoms with Crippen molar-refractivity contribution in [3.63, 3.8) is 0 Å². The number of nitrogens with one attached hydrogen (secondary N) is 2. The molecule has 2 aliphatic carbocycles. The monoisotopic (exact) mass is 512 g/mol. The molecule has 9 heteroatoms. The molecule has 2 saturated carbocycles. The van der Waals surface area contributed by atoms with Crippen molar-refractivity contribution in [1.82, 2.24) is 9.97 Å². The molecule has 5 rings (SSSR count). The van der Waals surface area contributed by atoms with Gasteiger partial charge >= 0.3 is 6.18 Å². The van der Waals surface area contributed by atoms with E-state index in [1.807, 2.05) is 12.1 Å². The lowest BCUT2D eigenvalue weighted by Crippen LogP contribution is -2.19. The van der Waals surface area contributed by atoms with Crippen LogP contribution in [0.2, 0.25) is 0 Å². The first kappa shape index (κ1) is 25.2. The number of hydrogen-bond donors (Lipinski definition) is 2. The highest BCUT2D eigenvalue weighted by molar-refractivity contribution is 5.67. The van der Waals surface area contributed by atoms with E-state index in [-0.39, 0.29) is 24.0 Å². The molecule has 0 amide bonds. The summed E-state index contributed by atoms with van der Waals surface area (Å²) < 4.78 is 53.5. The number of anilines is 4. The van der Waals surface area contributed by atoms with Gasteiger partial charge in [0.05, 0.1) is 17.9 Å². The molecule has 3 aromatic rings. The van der Waals surface area contributed by atoms with Gasteiger partial charge in [0.2, 0.25) is 5.95 Å². The highest BCUT2D eigenvalue weighted by atomic mass is 19.4. The fraction of sp³-hybridized carbons (Fsp3) is 0.429. The van der Waals surface area contributed by atoms with Gasteiger partial charge in [-0.05, 0) is 87.8 Å². The van der Waals surface area contributed by atoms with Crippen molar-refractivity contribution >= 4 is 23.1 Å². The number of hydrogen-bond acceptors (Lipinski definition) is 6. The van der Waals surface area contributed by atoms with E-state index in [2.05, 4.69) is 20.6 Å². The van der Waals surface area contributed by atoms with Crippen LogP contribution in [0.1, 0.15) is 63.4 Å². The molecule has 196 valence electrons. The van der Waals surface area contributed by atoms with E-state index in [1.54, 1.807) is 36.4 Å². The van der Waals surface area contributed by atoms with E-state index in [9.17, 15) is 13.2 Å². The Morgan fingerprint density at radius 1 is 0.757 bits per heavy atom. The molecule has 0 saturated heterocycles. The zero-order chi connectivity index (χ0) is 25.7. The van der Waals surface area contributed by atoms with Gasteiger partial charge in [0.25, 0.3) is 0 Å². The largest absolute Gasteiger partial charge is 0.490 e. The van der Waals surface area contributed by atoms with Crippen LogP contribution in [0.15, 0.2) is 54.7 Å². The lowest BCUT2D eigenvalue weighted by molar-refractivity contribution is -0.137. The molecule has 0 bridgehead atoms. The Labute approximate surface area is 214 Å². The third-order valence-corrected chi connectivity index (χ3v) is 6.80. The normalized spacial score (nSPS) is 16.9. The van der Waals surface area contributed by atoms with E-state index in [0.29, 0.717) is 17.1 Å². The van der Waals surface area contributed by atoms with Crippen LogP contribution < -0.4 is 20.1 Å². The number of aromatic nitrogens is 2. The smallest absolute Gasteiger partial charge is 0.421 e. The lowest BCUT2D eigenvalue weighted by atomic mass is 9.98. The highest BCUT2D eigenvalue weighted by Gasteiger charge is 2.35. The van der Waals surface area contributed by atoms with Crippen molar-refractivity contribution in [2.24, 2.45) is 0 Å². The Hall–Kier alpha value is -3.49. The Morgan fingerprint density at radius 2 is 1.41 bits per heavy atom. The van der Waals surface area contributed by atoms with Crippen molar-refractivity contribution in [2.75, 3.05) is 10.6 Å². The standard InChI is InChI=1S/C28H31F3N4O2/c29-28(30,31)23-18-32-27(33-19-14-16-22(17-15-19)36-20-8-2-1-3-9-20)35-26(23)34-24-12-6-7-13-25(24)37-21-10-4-5-11-21/h6-7,12-18,20-21H,1-5,8-11H2,(H2,32,33,34,35). The van der Waals surface area contributed by atoms with Crippen LogP contribution >= 0.6 is 0 Å². The summed E-state index contributed by atoms with van der Waals surface area (Å²) in [5, 5.41) is 5.84. The average molecular weight is 513 g/mol. The van der Waals surface area contributed by atoms with E-state index < -0.39 is 11.7 Å². The van der Waals surface area contributed by atoms with Gasteiger partial charge in [-0.1, -0.05) is 18.6 Å². The highest BCUT2D eigenvalue weighted by Crippen LogP contribution is 2.38. The van der Waals surface area contributed by atoms with Crippen molar-refractivity contribution < 1.29 is 22.6 Å². The quantitative estimate of drug-likeness (QED) is 0.319. The summed E-state index contributed by atoms with van der Waals surface area (Å²) in [7, 11) is 0. The number of benzene rings is 2. The van der Waals surface area contributed by atoms with Crippen LogP contribution in [0.4, 0.5) is 36.3 Å². The minimum atomic E-state index is -4.62. The first-order chi connectivity index (χ1) is 17.9. The summed E-state index contributed by atoms with van der Waals surface area (Å²) in [5.74, 6) is 0.978. The maximum absolute atomic E-state index is 13.8. The van der Waals surface area contributed by atoms with Gasteiger partial charge in [-0.25, -0.2) is 4.98 Å². The molecular formula is C28H31F3N4O2. The van der Waals surface area contributed by atoms with Gasteiger partial charge in [0, 0.05) is 11.9 Å². The lowest BCUT2D eigenvalue weighted by Gasteiger charge is -2.23. The summed E-state index contributed by atoms with van der Waals surface area (Å²) in [6, 6.07) is 14.3. The predicted octanol–water partition coefficient (Wildman–Crippen LogP) is 8.02. The van der Waals surface area contributed by atoms with E-state index in [1.165, 1.54) is 19.3 Å². The van der Waals surface area contributed by atoms with Gasteiger partial charge in [0.1, 0.15) is 22.9 Å². The van der Waals surface area contributed by atoms with Gasteiger partial charge < -0.3 is 20.1 Å². The molecule has 2 N–H and O–H groups in total. The number of para-hydroxylation sites is 2. The summed E-state index contributed by atoms with van der Waals surface area (Å²) in [6.45, 7) is 0. The second-order valence-corrected chi connectivity index (χ2v) is 9.63. The van der Waals surface area contributed by atoms with Crippen molar-refractivity contribution in [2.45, 2.75) is 76.2 Å². The number of rotatable bonds is 8. The SMILES string of the molecule is FC(F)(F)c1cnc(Nc2ccc(OC3CCCCC3)cc2)nc1Nc1ccccc1OC1CCCC1. The van der Waals surface area contributed by atoms with Crippen LogP contribution in [0.3, 0.4) is 0 Å². The Balaban J connectivity index is 1.33. The maximum Gasteiger partial charge on any atom is 0.421 e. The molecule has 0 atom stereocenters. The van der Waals surface area contributed by atoms with Crippen molar-refractivity contribution in [3.05, 3.63) is 60.3 Å². The minimum Gasteiger partial charge on any atom is -0.490 e. The molecule has 0 spiro atoms. The summed E-state index contributed by atoms with van der Waals surface area (Å²) >= 11 is 0. The molecule has 0 unspecified atom stereocenters. The molecule has 0 aliphatic heterocycles.